The quantitative estimate of drug-likeness (QED) is 0.660. The first-order chi connectivity index (χ1) is 9.08. The highest BCUT2D eigenvalue weighted by Crippen LogP contribution is 2.26. The van der Waals surface area contributed by atoms with E-state index >= 15 is 0 Å². The van der Waals surface area contributed by atoms with Gasteiger partial charge in [-0.15, -0.1) is 0 Å². The summed E-state index contributed by atoms with van der Waals surface area (Å²) in [6.07, 6.45) is 6.90. The van der Waals surface area contributed by atoms with Crippen molar-refractivity contribution in [2.24, 2.45) is 5.73 Å². The summed E-state index contributed by atoms with van der Waals surface area (Å²) in [6, 6.07) is 6.59. The monoisotopic (exact) mass is 260 g/mol. The Bertz CT molecular complexity index is 522. The summed E-state index contributed by atoms with van der Waals surface area (Å²) in [5.41, 5.74) is 5.49. The molecular weight excluding hydrogens is 244 g/mol. The molecule has 5 heteroatoms. The Hall–Kier alpha value is -2.14. The van der Waals surface area contributed by atoms with E-state index in [9.17, 15) is 10.1 Å². The second kappa shape index (κ2) is 5.24. The normalized spacial score (nSPS) is 25.3. The van der Waals surface area contributed by atoms with Gasteiger partial charge in [0.1, 0.15) is 5.75 Å². The number of nitrogens with two attached hydrogens (primary N) is 1. The summed E-state index contributed by atoms with van der Waals surface area (Å²) >= 11 is 0. The molecule has 0 bridgehead atoms. The van der Waals surface area contributed by atoms with Crippen molar-refractivity contribution >= 4 is 0 Å². The van der Waals surface area contributed by atoms with Crippen molar-refractivity contribution in [2.75, 3.05) is 7.11 Å². The fourth-order valence-electron chi connectivity index (χ4n) is 2.18. The summed E-state index contributed by atoms with van der Waals surface area (Å²) in [4.78, 5) is 11.1. The number of ether oxygens (including phenoxy) is 1. The van der Waals surface area contributed by atoms with E-state index in [4.69, 9.17) is 10.5 Å². The van der Waals surface area contributed by atoms with E-state index in [1.54, 1.807) is 43.5 Å². The molecule has 0 heterocycles. The average Bonchev–Trinajstić information content (AvgIpc) is 2.42. The van der Waals surface area contributed by atoms with Gasteiger partial charge in [-0.2, -0.15) is 0 Å². The minimum atomic E-state index is -1.27. The summed E-state index contributed by atoms with van der Waals surface area (Å²) in [5, 5.41) is 11.4. The van der Waals surface area contributed by atoms with E-state index in [-0.39, 0.29) is 11.3 Å². The van der Waals surface area contributed by atoms with Crippen LogP contribution in [0.4, 0.5) is 0 Å². The molecule has 0 spiro atoms. The summed E-state index contributed by atoms with van der Waals surface area (Å²) < 4.78 is 5.07. The molecule has 0 amide bonds. The van der Waals surface area contributed by atoms with Crippen LogP contribution in [-0.4, -0.2) is 23.6 Å². The highest BCUT2D eigenvalue weighted by Gasteiger charge is 2.46. The van der Waals surface area contributed by atoms with Crippen LogP contribution in [0.5, 0.6) is 5.75 Å². The number of hydrogen-bond acceptors (Lipinski definition) is 4. The fourth-order valence-corrected chi connectivity index (χ4v) is 2.18. The van der Waals surface area contributed by atoms with E-state index in [1.165, 1.54) is 0 Å². The Kier molecular flexibility index (Phi) is 3.66. The number of hydrogen-bond donors (Lipinski definition) is 1. The van der Waals surface area contributed by atoms with E-state index in [2.05, 4.69) is 0 Å². The number of rotatable bonds is 4. The van der Waals surface area contributed by atoms with Gasteiger partial charge in [-0.3, -0.25) is 10.1 Å². The zero-order valence-electron chi connectivity index (χ0n) is 10.7. The van der Waals surface area contributed by atoms with Gasteiger partial charge in [0.05, 0.1) is 13.2 Å². The first-order valence-electron chi connectivity index (χ1n) is 5.97. The smallest absolute Gasteiger partial charge is 0.262 e. The van der Waals surface area contributed by atoms with Gasteiger partial charge >= 0.3 is 0 Å². The van der Waals surface area contributed by atoms with Crippen LogP contribution >= 0.6 is 0 Å². The third kappa shape index (κ3) is 2.51. The molecule has 100 valence electrons. The lowest BCUT2D eigenvalue weighted by Gasteiger charge is -2.28. The van der Waals surface area contributed by atoms with Gasteiger partial charge in [0.2, 0.25) is 0 Å². The van der Waals surface area contributed by atoms with Crippen LogP contribution in [0.3, 0.4) is 0 Å². The standard InChI is InChI=1S/C14H16N2O3/c1-19-12-7-5-11(6-8-12)10-14(16(17)18)9-3-2-4-13(14)15/h2-9,13H,10,15H2,1H3. The zero-order valence-corrected chi connectivity index (χ0v) is 10.7. The summed E-state index contributed by atoms with van der Waals surface area (Å²) in [7, 11) is 1.58. The van der Waals surface area contributed by atoms with Crippen LogP contribution in [-0.2, 0) is 6.42 Å². The lowest BCUT2D eigenvalue weighted by molar-refractivity contribution is -0.556. The molecule has 0 saturated heterocycles. The van der Waals surface area contributed by atoms with Gasteiger partial charge in [-0.1, -0.05) is 30.4 Å². The van der Waals surface area contributed by atoms with Gasteiger partial charge < -0.3 is 10.5 Å². The van der Waals surface area contributed by atoms with Gasteiger partial charge in [0, 0.05) is 11.3 Å². The van der Waals surface area contributed by atoms with Crippen LogP contribution in [0.1, 0.15) is 5.56 Å². The SMILES string of the molecule is COc1ccc(CC2([N+](=O)[O-])C=CC=CC2N)cc1. The van der Waals surface area contributed by atoms with Crippen LogP contribution < -0.4 is 10.5 Å². The number of nitro groups is 1. The molecule has 0 radical (unpaired) electrons. The molecule has 1 aromatic rings. The molecule has 2 atom stereocenters. The van der Waals surface area contributed by atoms with Crippen LogP contribution in [0, 0.1) is 10.1 Å². The Balaban J connectivity index is 2.28. The molecule has 0 aromatic heterocycles. The van der Waals surface area contributed by atoms with Crippen LogP contribution in [0.2, 0.25) is 0 Å². The number of methoxy groups -OCH3 is 1. The first kappa shape index (κ1) is 13.3. The van der Waals surface area contributed by atoms with Crippen molar-refractivity contribution in [3.8, 4) is 5.75 Å². The Morgan fingerprint density at radius 2 is 2.05 bits per heavy atom. The predicted octanol–water partition coefficient (Wildman–Crippen LogP) is 1.71. The van der Waals surface area contributed by atoms with Crippen molar-refractivity contribution in [3.63, 3.8) is 0 Å². The molecule has 1 aliphatic carbocycles. The van der Waals surface area contributed by atoms with E-state index < -0.39 is 11.6 Å². The van der Waals surface area contributed by atoms with Crippen molar-refractivity contribution in [2.45, 2.75) is 18.0 Å². The average molecular weight is 260 g/mol. The highest BCUT2D eigenvalue weighted by molar-refractivity contribution is 5.32. The maximum Gasteiger partial charge on any atom is 0.262 e. The van der Waals surface area contributed by atoms with E-state index in [0.29, 0.717) is 0 Å². The lowest BCUT2D eigenvalue weighted by atomic mass is 9.82. The molecule has 2 N–H and O–H groups in total. The Labute approximate surface area is 111 Å². The molecule has 2 rings (SSSR count). The predicted molar refractivity (Wildman–Crippen MR) is 72.7 cm³/mol. The van der Waals surface area contributed by atoms with Gasteiger partial charge in [0.25, 0.3) is 5.54 Å². The van der Waals surface area contributed by atoms with Gasteiger partial charge in [-0.25, -0.2) is 0 Å². The molecule has 19 heavy (non-hydrogen) atoms. The minimum absolute atomic E-state index is 0.256. The maximum atomic E-state index is 11.4. The van der Waals surface area contributed by atoms with Crippen molar-refractivity contribution in [1.29, 1.82) is 0 Å². The maximum absolute atomic E-state index is 11.4. The minimum Gasteiger partial charge on any atom is -0.497 e. The van der Waals surface area contributed by atoms with Gasteiger partial charge in [0.15, 0.2) is 0 Å². The van der Waals surface area contributed by atoms with Crippen molar-refractivity contribution in [1.82, 2.24) is 0 Å². The second-order valence-electron chi connectivity index (χ2n) is 4.54. The second-order valence-corrected chi connectivity index (χ2v) is 4.54. The van der Waals surface area contributed by atoms with Crippen molar-refractivity contribution in [3.05, 3.63) is 64.2 Å². The first-order valence-corrected chi connectivity index (χ1v) is 5.97. The molecule has 0 saturated carbocycles. The molecule has 1 aromatic carbocycles. The number of benzene rings is 1. The van der Waals surface area contributed by atoms with E-state index in [1.807, 2.05) is 12.1 Å². The Morgan fingerprint density at radius 3 is 2.58 bits per heavy atom. The third-order valence-corrected chi connectivity index (χ3v) is 3.38. The number of allylic oxidation sites excluding steroid dienone is 2. The van der Waals surface area contributed by atoms with Crippen LogP contribution in [0.15, 0.2) is 48.6 Å². The number of nitrogens with zero attached hydrogens (tertiary/aromatic N) is 1. The molecule has 0 aliphatic heterocycles. The van der Waals surface area contributed by atoms with E-state index in [0.717, 1.165) is 11.3 Å². The topological polar surface area (TPSA) is 78.4 Å². The molecule has 0 fully saturated rings. The van der Waals surface area contributed by atoms with Gasteiger partial charge in [-0.05, 0) is 23.8 Å². The molecule has 1 aliphatic rings. The Morgan fingerprint density at radius 1 is 1.37 bits per heavy atom. The molecule has 5 nitrogen and oxygen atoms in total. The van der Waals surface area contributed by atoms with Crippen LogP contribution in [0.25, 0.3) is 0 Å². The highest BCUT2D eigenvalue weighted by atomic mass is 16.6. The lowest BCUT2D eigenvalue weighted by Crippen LogP contribution is -2.53. The third-order valence-electron chi connectivity index (χ3n) is 3.38. The van der Waals surface area contributed by atoms with Crippen molar-refractivity contribution < 1.29 is 9.66 Å². The molecular formula is C14H16N2O3. The summed E-state index contributed by atoms with van der Waals surface area (Å²) in [5.74, 6) is 0.724. The summed E-state index contributed by atoms with van der Waals surface area (Å²) in [6.45, 7) is 0. The zero-order chi connectivity index (χ0) is 13.9. The molecule has 2 unspecified atom stereocenters. The largest absolute Gasteiger partial charge is 0.497 e. The fraction of sp³-hybridized carbons (Fsp3) is 0.286.